The molecule has 2 fully saturated rings. The number of fused-ring (bicyclic) bond motifs is 1. The van der Waals surface area contributed by atoms with E-state index in [1.165, 1.54) is 61.8 Å². The minimum absolute atomic E-state index is 0.124. The summed E-state index contributed by atoms with van der Waals surface area (Å²) in [4.78, 5) is 17.8. The number of aryl methyl sites for hydroxylation is 2. The van der Waals surface area contributed by atoms with Crippen LogP contribution < -0.4 is 5.32 Å². The molecule has 4 nitrogen and oxygen atoms in total. The van der Waals surface area contributed by atoms with Gasteiger partial charge in [0.05, 0.1) is 10.5 Å². The monoisotopic (exact) mass is 418 g/mol. The molecular formula is C24H38N2O2S. The number of hydrogen-bond donors (Lipinski definition) is 2. The number of β-amino-alcohol motifs (C(OH)–C–C–N with tert-alkyl or cyclic N) is 1. The molecule has 0 aromatic carbocycles. The first-order chi connectivity index (χ1) is 13.9. The maximum Gasteiger partial charge on any atom is 0.261 e. The lowest BCUT2D eigenvalue weighted by atomic mass is 9.83. The first kappa shape index (κ1) is 21.3. The first-order valence-electron chi connectivity index (χ1n) is 11.8. The van der Waals surface area contributed by atoms with E-state index in [0.717, 1.165) is 56.7 Å². The molecule has 1 atom stereocenters. The zero-order chi connectivity index (χ0) is 20.3. The normalized spacial score (nSPS) is 27.8. The highest BCUT2D eigenvalue weighted by Gasteiger charge is 2.38. The Labute approximate surface area is 180 Å². The molecule has 4 rings (SSSR count). The Bertz CT molecular complexity index is 680. The summed E-state index contributed by atoms with van der Waals surface area (Å²) in [7, 11) is 0. The minimum Gasteiger partial charge on any atom is -0.389 e. The van der Waals surface area contributed by atoms with E-state index in [1.807, 2.05) is 6.92 Å². The van der Waals surface area contributed by atoms with Crippen molar-refractivity contribution in [3.8, 4) is 0 Å². The topological polar surface area (TPSA) is 52.6 Å². The summed E-state index contributed by atoms with van der Waals surface area (Å²) in [5, 5.41) is 13.8. The smallest absolute Gasteiger partial charge is 0.261 e. The number of thiophene rings is 1. The van der Waals surface area contributed by atoms with E-state index in [-0.39, 0.29) is 11.3 Å². The van der Waals surface area contributed by atoms with E-state index in [1.54, 1.807) is 11.3 Å². The van der Waals surface area contributed by atoms with Crippen LogP contribution in [0.1, 0.15) is 91.2 Å². The number of hydrogen-bond acceptors (Lipinski definition) is 4. The summed E-state index contributed by atoms with van der Waals surface area (Å²) in [5.74, 6) is 0.124. The Morgan fingerprint density at radius 1 is 1.10 bits per heavy atom. The van der Waals surface area contributed by atoms with Crippen LogP contribution >= 0.6 is 11.3 Å². The minimum atomic E-state index is -0.561. The van der Waals surface area contributed by atoms with Crippen LogP contribution in [0.2, 0.25) is 0 Å². The molecule has 0 bridgehead atoms. The molecule has 1 aromatic heterocycles. The van der Waals surface area contributed by atoms with Crippen LogP contribution in [0.3, 0.4) is 0 Å². The maximum atomic E-state index is 13.0. The second kappa shape index (κ2) is 9.07. The molecule has 162 valence electrons. The third kappa shape index (κ3) is 5.42. The SMILES string of the molecule is CC1(O)CCCN(CC2(CNC(=O)c3cc4c(s3)CCCCCC4)CCCC2)C1. The zero-order valence-electron chi connectivity index (χ0n) is 18.1. The fraction of sp³-hybridized carbons (Fsp3) is 0.792. The van der Waals surface area contributed by atoms with Crippen molar-refractivity contribution in [3.05, 3.63) is 21.4 Å². The predicted molar refractivity (Wildman–Crippen MR) is 120 cm³/mol. The van der Waals surface area contributed by atoms with Gasteiger partial charge in [0.15, 0.2) is 0 Å². The van der Waals surface area contributed by atoms with Crippen molar-refractivity contribution in [3.63, 3.8) is 0 Å². The van der Waals surface area contributed by atoms with Crippen LogP contribution in [-0.2, 0) is 12.8 Å². The van der Waals surface area contributed by atoms with Gasteiger partial charge in [-0.3, -0.25) is 9.69 Å². The molecule has 29 heavy (non-hydrogen) atoms. The molecule has 1 aromatic rings. The van der Waals surface area contributed by atoms with Gasteiger partial charge < -0.3 is 10.4 Å². The lowest BCUT2D eigenvalue weighted by molar-refractivity contribution is -0.0280. The number of aliphatic hydroxyl groups is 1. The highest BCUT2D eigenvalue weighted by Crippen LogP contribution is 2.39. The van der Waals surface area contributed by atoms with E-state index in [0.29, 0.717) is 0 Å². The highest BCUT2D eigenvalue weighted by atomic mass is 32.1. The Morgan fingerprint density at radius 2 is 1.86 bits per heavy atom. The second-order valence-electron chi connectivity index (χ2n) is 10.2. The van der Waals surface area contributed by atoms with Gasteiger partial charge >= 0.3 is 0 Å². The van der Waals surface area contributed by atoms with Gasteiger partial charge in [0.1, 0.15) is 0 Å². The fourth-order valence-corrected chi connectivity index (χ4v) is 6.93. The Morgan fingerprint density at radius 3 is 2.62 bits per heavy atom. The van der Waals surface area contributed by atoms with Gasteiger partial charge in [-0.25, -0.2) is 0 Å². The zero-order valence-corrected chi connectivity index (χ0v) is 18.9. The summed E-state index contributed by atoms with van der Waals surface area (Å²) in [6.45, 7) is 5.58. The van der Waals surface area contributed by atoms with Gasteiger partial charge in [0.2, 0.25) is 0 Å². The van der Waals surface area contributed by atoms with Crippen molar-refractivity contribution in [1.29, 1.82) is 0 Å². The third-order valence-corrected chi connectivity index (χ3v) is 8.56. The predicted octanol–water partition coefficient (Wildman–Crippen LogP) is 4.54. The van der Waals surface area contributed by atoms with Crippen LogP contribution in [0, 0.1) is 5.41 Å². The van der Waals surface area contributed by atoms with Crippen LogP contribution in [0.4, 0.5) is 0 Å². The average Bonchev–Trinajstić information content (AvgIpc) is 3.26. The largest absolute Gasteiger partial charge is 0.389 e. The highest BCUT2D eigenvalue weighted by molar-refractivity contribution is 7.14. The fourth-order valence-electron chi connectivity index (χ4n) is 5.76. The molecular weight excluding hydrogens is 380 g/mol. The molecule has 1 amide bonds. The Hall–Kier alpha value is -0.910. The lowest BCUT2D eigenvalue weighted by Gasteiger charge is -2.42. The molecule has 2 aliphatic carbocycles. The number of rotatable bonds is 5. The average molecular weight is 419 g/mol. The number of piperidine rings is 1. The summed E-state index contributed by atoms with van der Waals surface area (Å²) in [6.07, 6.45) is 14.3. The van der Waals surface area contributed by atoms with Crippen molar-refractivity contribution in [2.24, 2.45) is 5.41 Å². The number of nitrogens with zero attached hydrogens (tertiary/aromatic N) is 1. The molecule has 3 aliphatic rings. The van der Waals surface area contributed by atoms with Crippen molar-refractivity contribution < 1.29 is 9.90 Å². The Balaban J connectivity index is 1.38. The van der Waals surface area contributed by atoms with Gasteiger partial charge in [-0.2, -0.15) is 0 Å². The summed E-state index contributed by atoms with van der Waals surface area (Å²) < 4.78 is 0. The van der Waals surface area contributed by atoms with Gasteiger partial charge in [0.25, 0.3) is 5.91 Å². The molecule has 1 unspecified atom stereocenters. The van der Waals surface area contributed by atoms with Crippen molar-refractivity contribution in [1.82, 2.24) is 10.2 Å². The van der Waals surface area contributed by atoms with Gasteiger partial charge in [-0.05, 0) is 76.5 Å². The van der Waals surface area contributed by atoms with E-state index in [9.17, 15) is 9.90 Å². The second-order valence-corrected chi connectivity index (χ2v) is 11.3. The van der Waals surface area contributed by atoms with E-state index >= 15 is 0 Å². The number of carbonyl (C=O) groups is 1. The molecule has 1 aliphatic heterocycles. The molecule has 5 heteroatoms. The molecule has 2 heterocycles. The number of likely N-dealkylation sites (tertiary alicyclic amines) is 1. The van der Waals surface area contributed by atoms with Crippen LogP contribution in [0.25, 0.3) is 0 Å². The molecule has 1 saturated carbocycles. The first-order valence-corrected chi connectivity index (χ1v) is 12.6. The van der Waals surface area contributed by atoms with E-state index in [4.69, 9.17) is 0 Å². The molecule has 0 spiro atoms. The molecule has 1 saturated heterocycles. The van der Waals surface area contributed by atoms with Crippen LogP contribution in [-0.4, -0.2) is 47.7 Å². The van der Waals surface area contributed by atoms with E-state index < -0.39 is 5.60 Å². The number of carbonyl (C=O) groups excluding carboxylic acids is 1. The van der Waals surface area contributed by atoms with Gasteiger partial charge in [0, 0.05) is 29.9 Å². The third-order valence-electron chi connectivity index (χ3n) is 7.32. The summed E-state index contributed by atoms with van der Waals surface area (Å²) >= 11 is 1.73. The summed E-state index contributed by atoms with van der Waals surface area (Å²) in [5.41, 5.74) is 1.04. The maximum absolute atomic E-state index is 13.0. The quantitative estimate of drug-likeness (QED) is 0.738. The molecule has 2 N–H and O–H groups in total. The van der Waals surface area contributed by atoms with Crippen molar-refractivity contribution in [2.75, 3.05) is 26.2 Å². The van der Waals surface area contributed by atoms with Crippen LogP contribution in [0.15, 0.2) is 6.07 Å². The number of amides is 1. The number of nitrogens with one attached hydrogen (secondary N) is 1. The summed E-state index contributed by atoms with van der Waals surface area (Å²) in [6, 6.07) is 2.17. The van der Waals surface area contributed by atoms with Crippen molar-refractivity contribution >= 4 is 17.2 Å². The van der Waals surface area contributed by atoms with Gasteiger partial charge in [-0.1, -0.05) is 25.7 Å². The lowest BCUT2D eigenvalue weighted by Crippen LogP contribution is -2.51. The van der Waals surface area contributed by atoms with E-state index in [2.05, 4.69) is 16.3 Å². The Kier molecular flexibility index (Phi) is 6.67. The standard InChI is InChI=1S/C24H38N2O2S/c1-23(28)11-8-14-26(17-23)18-24(12-6-7-13-24)16-25-22(27)21-15-19-9-4-2-3-5-10-20(19)29-21/h15,28H,2-14,16-18H2,1H3,(H,25,27). The molecule has 0 radical (unpaired) electrons. The van der Waals surface area contributed by atoms with Crippen molar-refractivity contribution in [2.45, 2.75) is 89.6 Å². The van der Waals surface area contributed by atoms with Crippen LogP contribution in [0.5, 0.6) is 0 Å². The van der Waals surface area contributed by atoms with Gasteiger partial charge in [-0.15, -0.1) is 11.3 Å².